The molecular formula is C28H39N3O5. The number of alkyl carbamates (subject to hydrolysis) is 1. The number of benzene rings is 2. The molecule has 0 aliphatic carbocycles. The Morgan fingerprint density at radius 3 is 2.17 bits per heavy atom. The van der Waals surface area contributed by atoms with Crippen LogP contribution in [0.2, 0.25) is 0 Å². The normalized spacial score (nSPS) is 13.0. The van der Waals surface area contributed by atoms with Gasteiger partial charge in [0.2, 0.25) is 11.8 Å². The third kappa shape index (κ3) is 8.09. The van der Waals surface area contributed by atoms with Crippen LogP contribution in [0, 0.1) is 13.8 Å². The first-order chi connectivity index (χ1) is 16.8. The second-order valence-electron chi connectivity index (χ2n) is 10.2. The highest BCUT2D eigenvalue weighted by Gasteiger charge is 2.37. The lowest BCUT2D eigenvalue weighted by Crippen LogP contribution is -2.56. The quantitative estimate of drug-likeness (QED) is 0.489. The van der Waals surface area contributed by atoms with Crippen molar-refractivity contribution in [3.05, 3.63) is 70.8 Å². The molecule has 0 radical (unpaired) electrons. The van der Waals surface area contributed by atoms with Crippen LogP contribution < -0.4 is 10.6 Å². The van der Waals surface area contributed by atoms with Crippen molar-refractivity contribution in [2.24, 2.45) is 0 Å². The van der Waals surface area contributed by atoms with Gasteiger partial charge in [-0.2, -0.15) is 0 Å². The summed E-state index contributed by atoms with van der Waals surface area (Å²) in [6.45, 7) is 12.3. The molecule has 2 unspecified atom stereocenters. The molecule has 196 valence electrons. The van der Waals surface area contributed by atoms with E-state index in [9.17, 15) is 19.5 Å². The van der Waals surface area contributed by atoms with Crippen molar-refractivity contribution in [3.63, 3.8) is 0 Å². The second kappa shape index (κ2) is 12.5. The zero-order chi connectivity index (χ0) is 27.0. The molecule has 2 rings (SSSR count). The molecule has 0 fully saturated rings. The summed E-state index contributed by atoms with van der Waals surface area (Å²) in [6, 6.07) is 12.4. The monoisotopic (exact) mass is 497 g/mol. The molecule has 0 aromatic heterocycles. The Morgan fingerprint density at radius 2 is 1.64 bits per heavy atom. The number of amides is 3. The largest absolute Gasteiger partial charge is 0.444 e. The summed E-state index contributed by atoms with van der Waals surface area (Å²) in [5, 5.41) is 15.4. The summed E-state index contributed by atoms with van der Waals surface area (Å²) in [5.41, 5.74) is 2.83. The summed E-state index contributed by atoms with van der Waals surface area (Å²) in [5.74, 6) is -0.949. The van der Waals surface area contributed by atoms with E-state index in [1.807, 2.05) is 62.4 Å². The smallest absolute Gasteiger partial charge is 0.408 e. The van der Waals surface area contributed by atoms with Crippen LogP contribution in [0.4, 0.5) is 4.79 Å². The molecule has 3 N–H and O–H groups in total. The number of nitrogens with zero attached hydrogens (tertiary/aromatic N) is 1. The van der Waals surface area contributed by atoms with E-state index in [2.05, 4.69) is 10.6 Å². The summed E-state index contributed by atoms with van der Waals surface area (Å²) < 4.78 is 5.26. The summed E-state index contributed by atoms with van der Waals surface area (Å²) >= 11 is 0. The van der Waals surface area contributed by atoms with Gasteiger partial charge in [-0.25, -0.2) is 4.79 Å². The van der Waals surface area contributed by atoms with E-state index >= 15 is 0 Å². The van der Waals surface area contributed by atoms with Crippen LogP contribution in [-0.2, 0) is 20.9 Å². The minimum Gasteiger partial charge on any atom is -0.444 e. The maximum absolute atomic E-state index is 13.7. The van der Waals surface area contributed by atoms with Crippen LogP contribution in [0.1, 0.15) is 62.9 Å². The Hall–Kier alpha value is -3.39. The lowest BCUT2D eigenvalue weighted by molar-refractivity contribution is -0.145. The summed E-state index contributed by atoms with van der Waals surface area (Å²) in [6.07, 6.45) is -0.824. The zero-order valence-electron chi connectivity index (χ0n) is 22.3. The van der Waals surface area contributed by atoms with Gasteiger partial charge >= 0.3 is 6.09 Å². The predicted octanol–water partition coefficient (Wildman–Crippen LogP) is 3.78. The van der Waals surface area contributed by atoms with Crippen LogP contribution in [-0.4, -0.2) is 52.2 Å². The van der Waals surface area contributed by atoms with Crippen molar-refractivity contribution in [2.45, 2.75) is 78.7 Å². The van der Waals surface area contributed by atoms with E-state index < -0.39 is 42.3 Å². The van der Waals surface area contributed by atoms with Crippen molar-refractivity contribution in [1.29, 1.82) is 0 Å². The number of nitrogens with one attached hydrogen (secondary N) is 2. The SMILES string of the molecule is Cc1ccc(C(C(=O)NCc2ccccc2)N(C(=O)C(CO)NC(=O)OC(C)(C)C)C(C)C)cc1C. The molecule has 0 saturated heterocycles. The van der Waals surface area contributed by atoms with Crippen LogP contribution in [0.25, 0.3) is 0 Å². The Morgan fingerprint density at radius 1 is 1.00 bits per heavy atom. The lowest BCUT2D eigenvalue weighted by Gasteiger charge is -2.37. The number of hydrogen-bond acceptors (Lipinski definition) is 5. The first-order valence-electron chi connectivity index (χ1n) is 12.2. The Balaban J connectivity index is 2.42. The number of carbonyl (C=O) groups excluding carboxylic acids is 3. The molecule has 0 bridgehead atoms. The maximum Gasteiger partial charge on any atom is 0.408 e. The van der Waals surface area contributed by atoms with Gasteiger partial charge in [-0.1, -0.05) is 48.5 Å². The number of aliphatic hydroxyl groups excluding tert-OH is 1. The zero-order valence-corrected chi connectivity index (χ0v) is 22.3. The van der Waals surface area contributed by atoms with Crippen molar-refractivity contribution < 1.29 is 24.2 Å². The van der Waals surface area contributed by atoms with Gasteiger partial charge in [0, 0.05) is 12.6 Å². The first-order valence-corrected chi connectivity index (χ1v) is 12.2. The fraction of sp³-hybridized carbons (Fsp3) is 0.464. The van der Waals surface area contributed by atoms with E-state index in [0.717, 1.165) is 16.7 Å². The molecule has 2 atom stereocenters. The van der Waals surface area contributed by atoms with Crippen LogP contribution in [0.5, 0.6) is 0 Å². The summed E-state index contributed by atoms with van der Waals surface area (Å²) in [7, 11) is 0. The van der Waals surface area contributed by atoms with E-state index in [-0.39, 0.29) is 5.91 Å². The number of hydrogen-bond donors (Lipinski definition) is 3. The number of rotatable bonds is 9. The van der Waals surface area contributed by atoms with E-state index in [0.29, 0.717) is 12.1 Å². The molecule has 0 heterocycles. The molecule has 36 heavy (non-hydrogen) atoms. The van der Waals surface area contributed by atoms with Crippen molar-refractivity contribution in [2.75, 3.05) is 6.61 Å². The standard InChI is InChI=1S/C28H39N3O5/c1-18(2)31(26(34)23(17-32)30-27(35)36-28(5,6)7)24(22-14-13-19(3)20(4)15-22)25(33)29-16-21-11-9-8-10-12-21/h8-15,18,23-24,32H,16-17H2,1-7H3,(H,29,33)(H,30,35). The van der Waals surface area contributed by atoms with Crippen LogP contribution in [0.3, 0.4) is 0 Å². The predicted molar refractivity (Wildman–Crippen MR) is 139 cm³/mol. The van der Waals surface area contributed by atoms with Gasteiger partial charge < -0.3 is 25.4 Å². The molecule has 3 amide bonds. The minimum absolute atomic E-state index is 0.292. The van der Waals surface area contributed by atoms with Gasteiger partial charge in [0.15, 0.2) is 0 Å². The number of ether oxygens (including phenoxy) is 1. The highest BCUT2D eigenvalue weighted by molar-refractivity contribution is 5.92. The number of carbonyl (C=O) groups is 3. The highest BCUT2D eigenvalue weighted by Crippen LogP contribution is 2.27. The van der Waals surface area contributed by atoms with Gasteiger partial charge in [0.1, 0.15) is 17.7 Å². The maximum atomic E-state index is 13.7. The fourth-order valence-electron chi connectivity index (χ4n) is 3.75. The Labute approximate surface area is 214 Å². The average molecular weight is 498 g/mol. The molecule has 2 aromatic rings. The van der Waals surface area contributed by atoms with Gasteiger partial charge in [0.25, 0.3) is 0 Å². The molecule has 0 aliphatic rings. The lowest BCUT2D eigenvalue weighted by atomic mass is 9.97. The minimum atomic E-state index is -1.28. The molecule has 0 aliphatic heterocycles. The average Bonchev–Trinajstić information content (AvgIpc) is 2.80. The van der Waals surface area contributed by atoms with Gasteiger partial charge in [-0.15, -0.1) is 0 Å². The number of aliphatic hydroxyl groups is 1. The van der Waals surface area contributed by atoms with Crippen LogP contribution in [0.15, 0.2) is 48.5 Å². The molecular weight excluding hydrogens is 458 g/mol. The topological polar surface area (TPSA) is 108 Å². The third-order valence-corrected chi connectivity index (χ3v) is 5.67. The van der Waals surface area contributed by atoms with Gasteiger partial charge in [0.05, 0.1) is 6.61 Å². The van der Waals surface area contributed by atoms with E-state index in [1.165, 1.54) is 4.90 Å². The number of aryl methyl sites for hydroxylation is 2. The van der Waals surface area contributed by atoms with E-state index in [1.54, 1.807) is 34.6 Å². The van der Waals surface area contributed by atoms with Crippen molar-refractivity contribution in [3.8, 4) is 0 Å². The summed E-state index contributed by atoms with van der Waals surface area (Å²) in [4.78, 5) is 41.0. The van der Waals surface area contributed by atoms with Gasteiger partial charge in [-0.05, 0) is 70.7 Å². The molecule has 0 spiro atoms. The van der Waals surface area contributed by atoms with E-state index in [4.69, 9.17) is 4.74 Å². The third-order valence-electron chi connectivity index (χ3n) is 5.67. The first kappa shape index (κ1) is 28.8. The van der Waals surface area contributed by atoms with Crippen molar-refractivity contribution >= 4 is 17.9 Å². The fourth-order valence-corrected chi connectivity index (χ4v) is 3.75. The molecule has 8 nitrogen and oxygen atoms in total. The van der Waals surface area contributed by atoms with Crippen LogP contribution >= 0.6 is 0 Å². The Kier molecular flexibility index (Phi) is 10.0. The Bertz CT molecular complexity index is 1050. The van der Waals surface area contributed by atoms with Crippen molar-refractivity contribution in [1.82, 2.24) is 15.5 Å². The second-order valence-corrected chi connectivity index (χ2v) is 10.2. The van der Waals surface area contributed by atoms with Gasteiger partial charge in [-0.3, -0.25) is 9.59 Å². The molecule has 2 aromatic carbocycles. The molecule has 8 heteroatoms. The molecule has 0 saturated carbocycles. The highest BCUT2D eigenvalue weighted by atomic mass is 16.6.